The molecule has 1 saturated heterocycles. The largest absolute Gasteiger partial charge is 0.413 e. The number of hydrogen-bond acceptors (Lipinski definition) is 5. The molecule has 2 fully saturated rings. The zero-order valence-electron chi connectivity index (χ0n) is 22.9. The van der Waals surface area contributed by atoms with E-state index >= 15 is 0 Å². The molecule has 12 heteroatoms. The van der Waals surface area contributed by atoms with Gasteiger partial charge in [-0.3, -0.25) is 10.2 Å². The molecule has 1 spiro atoms. The smallest absolute Gasteiger partial charge is 0.384 e. The normalized spacial score (nSPS) is 19.7. The topological polar surface area (TPSA) is 130 Å². The minimum atomic E-state index is -4.62. The van der Waals surface area contributed by atoms with Crippen molar-refractivity contribution < 1.29 is 30.8 Å². The molecule has 2 aliphatic rings. The molecular weight excluding hydrogens is 536 g/mol. The molecule has 0 radical (unpaired) electrons. The van der Waals surface area contributed by atoms with E-state index in [1.807, 2.05) is 6.92 Å². The number of sulfone groups is 1. The van der Waals surface area contributed by atoms with Gasteiger partial charge in [0.1, 0.15) is 5.84 Å². The van der Waals surface area contributed by atoms with Crippen LogP contribution in [-0.4, -0.2) is 49.8 Å². The quantitative estimate of drug-likeness (QED) is 0.148. The average molecular weight is 575 g/mol. The third-order valence-corrected chi connectivity index (χ3v) is 8.66. The van der Waals surface area contributed by atoms with Crippen LogP contribution in [0.2, 0.25) is 0 Å². The average Bonchev–Trinajstić information content (AvgIpc) is 2.67. The van der Waals surface area contributed by atoms with Gasteiger partial charge in [-0.15, -0.1) is 0 Å². The number of amidine groups is 1. The molecule has 5 N–H and O–H groups in total. The van der Waals surface area contributed by atoms with Crippen LogP contribution in [0.15, 0.2) is 47.9 Å². The SMILES string of the molecule is C/C(=C/C(C)(C)C)Cc1ccc([C@@H](N(C)C(=O)C2CC3(C2)CS(=O)(=O)C3)C(F)(F)F)cc1.N=C(N)/C=C(\N)F. The Morgan fingerprint density at radius 2 is 1.67 bits per heavy atom. The Hall–Kier alpha value is -2.89. The molecule has 218 valence electrons. The highest BCUT2D eigenvalue weighted by atomic mass is 32.2. The minimum Gasteiger partial charge on any atom is -0.384 e. The molecule has 1 amide bonds. The van der Waals surface area contributed by atoms with Crippen LogP contribution >= 0.6 is 0 Å². The molecule has 1 aliphatic heterocycles. The lowest BCUT2D eigenvalue weighted by atomic mass is 9.63. The van der Waals surface area contributed by atoms with Gasteiger partial charge >= 0.3 is 6.18 Å². The van der Waals surface area contributed by atoms with Gasteiger partial charge < -0.3 is 16.4 Å². The summed E-state index contributed by atoms with van der Waals surface area (Å²) in [7, 11) is -1.85. The fourth-order valence-corrected chi connectivity index (χ4v) is 7.67. The Labute approximate surface area is 227 Å². The Balaban J connectivity index is 0.000000673. The van der Waals surface area contributed by atoms with Crippen molar-refractivity contribution in [1.29, 1.82) is 5.41 Å². The summed E-state index contributed by atoms with van der Waals surface area (Å²) in [6.07, 6.45) is -0.410. The van der Waals surface area contributed by atoms with Crippen LogP contribution < -0.4 is 11.5 Å². The van der Waals surface area contributed by atoms with Gasteiger partial charge in [-0.1, -0.05) is 56.7 Å². The lowest BCUT2D eigenvalue weighted by Crippen LogP contribution is -2.59. The Morgan fingerprint density at radius 3 is 2.03 bits per heavy atom. The number of amides is 1. The van der Waals surface area contributed by atoms with Crippen molar-refractivity contribution in [1.82, 2.24) is 4.90 Å². The summed E-state index contributed by atoms with van der Waals surface area (Å²) in [5.41, 5.74) is 10.9. The third-order valence-electron chi connectivity index (χ3n) is 6.56. The van der Waals surface area contributed by atoms with Crippen LogP contribution in [0.4, 0.5) is 17.6 Å². The molecule has 0 aromatic heterocycles. The van der Waals surface area contributed by atoms with Gasteiger partial charge in [-0.05, 0) is 48.1 Å². The minimum absolute atomic E-state index is 0.0230. The van der Waals surface area contributed by atoms with Gasteiger partial charge in [0.05, 0.1) is 11.5 Å². The zero-order chi connectivity index (χ0) is 30.0. The number of carbonyl (C=O) groups excluding carboxylic acids is 1. The van der Waals surface area contributed by atoms with Gasteiger partial charge in [-0.25, -0.2) is 8.42 Å². The molecular formula is C27H38F4N4O3S. The van der Waals surface area contributed by atoms with Crippen molar-refractivity contribution in [3.05, 3.63) is 59.1 Å². The van der Waals surface area contributed by atoms with Crippen LogP contribution in [-0.2, 0) is 21.1 Å². The number of nitrogens with zero attached hydrogens (tertiary/aromatic N) is 1. The van der Waals surface area contributed by atoms with Crippen molar-refractivity contribution in [2.75, 3.05) is 18.6 Å². The van der Waals surface area contributed by atoms with Gasteiger partial charge in [0.15, 0.2) is 21.8 Å². The summed E-state index contributed by atoms with van der Waals surface area (Å²) < 4.78 is 76.1. The van der Waals surface area contributed by atoms with Crippen molar-refractivity contribution >= 4 is 21.6 Å². The van der Waals surface area contributed by atoms with E-state index in [2.05, 4.69) is 38.3 Å². The van der Waals surface area contributed by atoms with Crippen LogP contribution in [0, 0.1) is 22.2 Å². The van der Waals surface area contributed by atoms with Crippen molar-refractivity contribution in [3.63, 3.8) is 0 Å². The maximum Gasteiger partial charge on any atom is 0.413 e. The summed E-state index contributed by atoms with van der Waals surface area (Å²) in [5, 5.41) is 6.41. The fourth-order valence-electron chi connectivity index (χ4n) is 5.41. The molecule has 0 unspecified atom stereocenters. The first kappa shape index (κ1) is 32.3. The second-order valence-corrected chi connectivity index (χ2v) is 13.9. The molecule has 1 aromatic rings. The van der Waals surface area contributed by atoms with Crippen molar-refractivity contribution in [3.8, 4) is 0 Å². The van der Waals surface area contributed by atoms with Crippen LogP contribution in [0.25, 0.3) is 0 Å². The molecule has 39 heavy (non-hydrogen) atoms. The predicted molar refractivity (Wildman–Crippen MR) is 144 cm³/mol. The molecule has 7 nitrogen and oxygen atoms in total. The van der Waals surface area contributed by atoms with Gasteiger partial charge in [0.25, 0.3) is 0 Å². The molecule has 1 aromatic carbocycles. The molecule has 0 bridgehead atoms. The number of halogens is 4. The van der Waals surface area contributed by atoms with Gasteiger partial charge in [0.2, 0.25) is 5.91 Å². The number of nitrogens with two attached hydrogens (primary N) is 2. The lowest BCUT2D eigenvalue weighted by molar-refractivity contribution is -0.193. The second kappa shape index (κ2) is 11.7. The number of hydrogen-bond donors (Lipinski definition) is 3. The highest BCUT2D eigenvalue weighted by Gasteiger charge is 2.59. The summed E-state index contributed by atoms with van der Waals surface area (Å²) in [4.78, 5) is 13.6. The maximum atomic E-state index is 13.9. The standard InChI is InChI=1S/C24H32F3NO3S.C3H6FN3/c1-16(11-22(2,3)4)10-17-6-8-18(9-7-17)20(24(25,26)27)28(5)21(29)19-12-23(13-19)14-32(30,31)15-23;4-2(5)1-3(6)7/h6-9,11,19-20H,10,12-15H2,1-5H3;1H,5H2,(H3,6,7)/b16-11-;2-1-/t20-;/m1./s1. The Bertz CT molecular complexity index is 1210. The summed E-state index contributed by atoms with van der Waals surface area (Å²) >= 11 is 0. The number of allylic oxidation sites excluding steroid dienone is 2. The molecule has 1 aliphatic carbocycles. The number of carbonyl (C=O) groups is 1. The molecule has 1 saturated carbocycles. The van der Waals surface area contributed by atoms with Crippen molar-refractivity contribution in [2.45, 2.75) is 59.2 Å². The van der Waals surface area contributed by atoms with E-state index < -0.39 is 45.2 Å². The molecule has 1 heterocycles. The summed E-state index contributed by atoms with van der Waals surface area (Å²) in [6.45, 7) is 8.28. The Kier molecular flexibility index (Phi) is 9.69. The van der Waals surface area contributed by atoms with Crippen LogP contribution in [0.3, 0.4) is 0 Å². The van der Waals surface area contributed by atoms with Crippen molar-refractivity contribution in [2.24, 2.45) is 28.2 Å². The number of benzene rings is 1. The van der Waals surface area contributed by atoms with E-state index in [-0.39, 0.29) is 28.3 Å². The lowest BCUT2D eigenvalue weighted by Gasteiger charge is -2.53. The first-order valence-electron chi connectivity index (χ1n) is 12.4. The predicted octanol–water partition coefficient (Wildman–Crippen LogP) is 4.80. The summed E-state index contributed by atoms with van der Waals surface area (Å²) in [6, 6.07) is 4.23. The van der Waals surface area contributed by atoms with E-state index in [1.54, 1.807) is 12.1 Å². The monoisotopic (exact) mass is 574 g/mol. The van der Waals surface area contributed by atoms with E-state index in [4.69, 9.17) is 5.41 Å². The van der Waals surface area contributed by atoms with Crippen LogP contribution in [0.5, 0.6) is 0 Å². The number of rotatable bonds is 6. The van der Waals surface area contributed by atoms with Crippen LogP contribution in [0.1, 0.15) is 57.7 Å². The van der Waals surface area contributed by atoms with E-state index in [9.17, 15) is 30.8 Å². The summed E-state index contributed by atoms with van der Waals surface area (Å²) in [5.74, 6) is -2.35. The Morgan fingerprint density at radius 1 is 1.15 bits per heavy atom. The fraction of sp³-hybridized carbons (Fsp3) is 0.556. The zero-order valence-corrected chi connectivity index (χ0v) is 23.7. The van der Waals surface area contributed by atoms with E-state index in [1.165, 1.54) is 19.2 Å². The van der Waals surface area contributed by atoms with Gasteiger partial charge in [-0.2, -0.15) is 17.6 Å². The molecule has 1 atom stereocenters. The third kappa shape index (κ3) is 9.36. The van der Waals surface area contributed by atoms with E-state index in [0.29, 0.717) is 19.3 Å². The molecule has 3 rings (SSSR count). The first-order valence-corrected chi connectivity index (χ1v) is 14.2. The highest BCUT2D eigenvalue weighted by Crippen LogP contribution is 2.54. The first-order chi connectivity index (χ1) is 17.6. The second-order valence-electron chi connectivity index (χ2n) is 11.8. The number of alkyl halides is 3. The van der Waals surface area contributed by atoms with Gasteiger partial charge in [0, 0.05) is 19.0 Å². The number of nitrogens with one attached hydrogen (secondary N) is 1. The van der Waals surface area contributed by atoms with E-state index in [0.717, 1.165) is 22.1 Å². The highest BCUT2D eigenvalue weighted by molar-refractivity contribution is 7.92. The maximum absolute atomic E-state index is 13.9.